The number of aromatic nitrogens is 1. The Labute approximate surface area is 88.7 Å². The average Bonchev–Trinajstić information content (AvgIpc) is 2.70. The molecule has 1 aromatic heterocycles. The third-order valence-corrected chi connectivity index (χ3v) is 2.69. The Morgan fingerprint density at radius 3 is 3.13 bits per heavy atom. The maximum atomic E-state index is 11.5. The van der Waals surface area contributed by atoms with Crippen LogP contribution in [0.3, 0.4) is 0 Å². The number of aromatic amines is 1. The minimum Gasteiger partial charge on any atom is -0.486 e. The normalized spacial score (nSPS) is 20.5. The van der Waals surface area contributed by atoms with Gasteiger partial charge in [-0.25, -0.2) is 0 Å². The molecule has 0 aromatic carbocycles. The molecule has 0 radical (unpaired) electrons. The summed E-state index contributed by atoms with van der Waals surface area (Å²) >= 11 is 0. The number of pyridine rings is 1. The van der Waals surface area contributed by atoms with E-state index in [1.807, 2.05) is 6.92 Å². The zero-order chi connectivity index (χ0) is 10.7. The highest BCUT2D eigenvalue weighted by molar-refractivity contribution is 5.25. The molecule has 1 atom stereocenters. The molecule has 15 heavy (non-hydrogen) atoms. The predicted molar refractivity (Wildman–Crippen MR) is 58.3 cm³/mol. The lowest BCUT2D eigenvalue weighted by atomic mass is 10.2. The van der Waals surface area contributed by atoms with Crippen LogP contribution in [0.4, 0.5) is 0 Å². The van der Waals surface area contributed by atoms with Crippen LogP contribution in [0.5, 0.6) is 5.75 Å². The Hall–Kier alpha value is -1.29. The van der Waals surface area contributed by atoms with E-state index in [2.05, 4.69) is 10.3 Å². The van der Waals surface area contributed by atoms with Crippen molar-refractivity contribution in [1.82, 2.24) is 10.3 Å². The largest absolute Gasteiger partial charge is 0.486 e. The van der Waals surface area contributed by atoms with Crippen LogP contribution in [0.2, 0.25) is 0 Å². The van der Waals surface area contributed by atoms with Crippen molar-refractivity contribution in [2.24, 2.45) is 0 Å². The molecule has 0 bridgehead atoms. The van der Waals surface area contributed by atoms with Gasteiger partial charge in [-0.1, -0.05) is 0 Å². The number of aryl methyl sites for hydroxylation is 1. The second-order valence-corrected chi connectivity index (χ2v) is 3.90. The Bertz CT molecular complexity index is 380. The molecule has 82 valence electrons. The monoisotopic (exact) mass is 208 g/mol. The summed E-state index contributed by atoms with van der Waals surface area (Å²) in [4.78, 5) is 14.5. The number of H-pyrrole nitrogens is 1. The number of hydrogen-bond acceptors (Lipinski definition) is 3. The number of rotatable bonds is 3. The first-order valence-corrected chi connectivity index (χ1v) is 5.32. The molecule has 0 amide bonds. The maximum Gasteiger partial charge on any atom is 0.223 e. The van der Waals surface area contributed by atoms with Crippen LogP contribution in [0.25, 0.3) is 0 Å². The fourth-order valence-electron chi connectivity index (χ4n) is 1.83. The molecule has 1 saturated heterocycles. The number of hydrogen-bond donors (Lipinski definition) is 2. The van der Waals surface area contributed by atoms with E-state index < -0.39 is 0 Å². The van der Waals surface area contributed by atoms with Gasteiger partial charge in [0.2, 0.25) is 5.43 Å². The summed E-state index contributed by atoms with van der Waals surface area (Å²) in [5.41, 5.74) is 0.741. The second-order valence-electron chi connectivity index (χ2n) is 3.90. The average molecular weight is 208 g/mol. The van der Waals surface area contributed by atoms with Gasteiger partial charge in [-0.05, 0) is 26.3 Å². The second kappa shape index (κ2) is 4.49. The van der Waals surface area contributed by atoms with Crippen molar-refractivity contribution in [3.63, 3.8) is 0 Å². The first-order valence-electron chi connectivity index (χ1n) is 5.32. The molecule has 0 spiro atoms. The van der Waals surface area contributed by atoms with Gasteiger partial charge in [0.1, 0.15) is 6.61 Å². The standard InChI is InChI=1S/C11H16N2O2/c1-8-11(10(14)4-6-12-8)15-7-9-3-2-5-13-9/h4,6,9,13H,2-3,5,7H2,1H3,(H,12,14). The first-order chi connectivity index (χ1) is 7.27. The van der Waals surface area contributed by atoms with Gasteiger partial charge in [-0.2, -0.15) is 0 Å². The Morgan fingerprint density at radius 2 is 2.47 bits per heavy atom. The van der Waals surface area contributed by atoms with E-state index >= 15 is 0 Å². The summed E-state index contributed by atoms with van der Waals surface area (Å²) < 4.78 is 5.55. The molecule has 1 aliphatic rings. The van der Waals surface area contributed by atoms with Gasteiger partial charge in [0, 0.05) is 18.3 Å². The summed E-state index contributed by atoms with van der Waals surface area (Å²) in [6, 6.07) is 1.88. The molecule has 1 aliphatic heterocycles. The van der Waals surface area contributed by atoms with Crippen molar-refractivity contribution in [2.45, 2.75) is 25.8 Å². The molecule has 1 unspecified atom stereocenters. The third kappa shape index (κ3) is 2.39. The molecule has 2 heterocycles. The summed E-state index contributed by atoms with van der Waals surface area (Å²) in [5.74, 6) is 0.450. The minimum absolute atomic E-state index is 0.0516. The summed E-state index contributed by atoms with van der Waals surface area (Å²) in [7, 11) is 0. The van der Waals surface area contributed by atoms with Gasteiger partial charge in [-0.15, -0.1) is 0 Å². The van der Waals surface area contributed by atoms with Gasteiger partial charge in [0.15, 0.2) is 5.75 Å². The van der Waals surface area contributed by atoms with Crippen molar-refractivity contribution < 1.29 is 4.74 Å². The van der Waals surface area contributed by atoms with Gasteiger partial charge >= 0.3 is 0 Å². The van der Waals surface area contributed by atoms with Crippen molar-refractivity contribution in [3.8, 4) is 5.75 Å². The molecule has 0 saturated carbocycles. The predicted octanol–water partition coefficient (Wildman–Crippen LogP) is 0.814. The maximum absolute atomic E-state index is 11.5. The van der Waals surface area contributed by atoms with E-state index in [0.717, 1.165) is 18.7 Å². The minimum atomic E-state index is -0.0516. The lowest BCUT2D eigenvalue weighted by molar-refractivity contribution is 0.272. The van der Waals surface area contributed by atoms with Gasteiger partial charge in [0.25, 0.3) is 0 Å². The number of ether oxygens (including phenoxy) is 1. The van der Waals surface area contributed by atoms with Crippen LogP contribution in [0.15, 0.2) is 17.1 Å². The van der Waals surface area contributed by atoms with Crippen molar-refractivity contribution in [1.29, 1.82) is 0 Å². The zero-order valence-electron chi connectivity index (χ0n) is 8.88. The topological polar surface area (TPSA) is 54.1 Å². The first kappa shape index (κ1) is 10.2. The molecule has 2 rings (SSSR count). The Balaban J connectivity index is 2.01. The molecule has 1 fully saturated rings. The fourth-order valence-corrected chi connectivity index (χ4v) is 1.83. The van der Waals surface area contributed by atoms with E-state index in [-0.39, 0.29) is 5.43 Å². The van der Waals surface area contributed by atoms with Crippen LogP contribution < -0.4 is 15.5 Å². The zero-order valence-corrected chi connectivity index (χ0v) is 8.88. The lowest BCUT2D eigenvalue weighted by Gasteiger charge is -2.12. The highest BCUT2D eigenvalue weighted by atomic mass is 16.5. The third-order valence-electron chi connectivity index (χ3n) is 2.69. The molecule has 4 nitrogen and oxygen atoms in total. The van der Waals surface area contributed by atoms with E-state index in [1.54, 1.807) is 6.20 Å². The van der Waals surface area contributed by atoms with Crippen LogP contribution in [-0.4, -0.2) is 24.2 Å². The van der Waals surface area contributed by atoms with Crippen LogP contribution in [0, 0.1) is 6.92 Å². The van der Waals surface area contributed by atoms with Crippen molar-refractivity contribution in [2.75, 3.05) is 13.2 Å². The van der Waals surface area contributed by atoms with E-state index in [1.165, 1.54) is 12.5 Å². The molecule has 2 N–H and O–H groups in total. The molecule has 1 aromatic rings. The highest BCUT2D eigenvalue weighted by Gasteiger charge is 2.15. The molecular weight excluding hydrogens is 192 g/mol. The SMILES string of the molecule is Cc1[nH]ccc(=O)c1OCC1CCCN1. The van der Waals surface area contributed by atoms with E-state index in [9.17, 15) is 4.79 Å². The number of nitrogens with one attached hydrogen (secondary N) is 2. The Morgan fingerprint density at radius 1 is 1.60 bits per heavy atom. The lowest BCUT2D eigenvalue weighted by Crippen LogP contribution is -2.29. The fraction of sp³-hybridized carbons (Fsp3) is 0.545. The molecule has 0 aliphatic carbocycles. The van der Waals surface area contributed by atoms with Crippen LogP contribution in [-0.2, 0) is 0 Å². The Kier molecular flexibility index (Phi) is 3.06. The summed E-state index contributed by atoms with van der Waals surface area (Å²) in [5, 5.41) is 3.33. The smallest absolute Gasteiger partial charge is 0.223 e. The van der Waals surface area contributed by atoms with E-state index in [0.29, 0.717) is 18.4 Å². The van der Waals surface area contributed by atoms with Crippen LogP contribution >= 0.6 is 0 Å². The van der Waals surface area contributed by atoms with Gasteiger partial charge in [-0.3, -0.25) is 4.79 Å². The van der Waals surface area contributed by atoms with E-state index in [4.69, 9.17) is 4.74 Å². The highest BCUT2D eigenvalue weighted by Crippen LogP contribution is 2.10. The molecule has 4 heteroatoms. The molecular formula is C11H16N2O2. The van der Waals surface area contributed by atoms with Gasteiger partial charge < -0.3 is 15.0 Å². The van der Waals surface area contributed by atoms with Crippen LogP contribution in [0.1, 0.15) is 18.5 Å². The van der Waals surface area contributed by atoms with Crippen molar-refractivity contribution >= 4 is 0 Å². The van der Waals surface area contributed by atoms with Gasteiger partial charge in [0.05, 0.1) is 5.69 Å². The van der Waals surface area contributed by atoms with Crippen molar-refractivity contribution in [3.05, 3.63) is 28.2 Å². The summed E-state index contributed by atoms with van der Waals surface area (Å²) in [6.45, 7) is 3.48. The quantitative estimate of drug-likeness (QED) is 0.773. The summed E-state index contributed by atoms with van der Waals surface area (Å²) in [6.07, 6.45) is 3.96.